The molecule has 0 fully saturated rings. The van der Waals surface area contributed by atoms with Crippen LogP contribution < -0.4 is 10.2 Å². The minimum atomic E-state index is 0.775. The second-order valence-electron chi connectivity index (χ2n) is 4.82. The van der Waals surface area contributed by atoms with Crippen molar-refractivity contribution in [3.8, 4) is 0 Å². The van der Waals surface area contributed by atoms with Crippen LogP contribution >= 0.6 is 0 Å². The van der Waals surface area contributed by atoms with Gasteiger partial charge in [0.15, 0.2) is 0 Å². The average Bonchev–Trinajstić information content (AvgIpc) is 2.43. The van der Waals surface area contributed by atoms with E-state index < -0.39 is 0 Å². The van der Waals surface area contributed by atoms with Gasteiger partial charge in [0.2, 0.25) is 0 Å². The normalized spacial score (nSPS) is 10.4. The standard InChI is InChI=1S/C15H21N5/c1-5-17-14-11(2)15(19-12(3)18-14)20(4)10-13-7-6-8-16-9-13/h6-9H,5,10H2,1-4H3,(H,17,18,19). The molecule has 2 heterocycles. The Hall–Kier alpha value is -2.17. The Morgan fingerprint density at radius 2 is 2.05 bits per heavy atom. The second-order valence-corrected chi connectivity index (χ2v) is 4.82. The minimum absolute atomic E-state index is 0.775. The van der Waals surface area contributed by atoms with Crippen LogP contribution in [0.15, 0.2) is 24.5 Å². The first-order chi connectivity index (χ1) is 9.61. The van der Waals surface area contributed by atoms with Crippen LogP contribution in [0.4, 0.5) is 11.6 Å². The summed E-state index contributed by atoms with van der Waals surface area (Å²) in [6.07, 6.45) is 3.66. The third-order valence-electron chi connectivity index (χ3n) is 3.08. The van der Waals surface area contributed by atoms with Gasteiger partial charge in [-0.3, -0.25) is 4.98 Å². The number of aryl methyl sites for hydroxylation is 1. The highest BCUT2D eigenvalue weighted by Crippen LogP contribution is 2.23. The first-order valence-corrected chi connectivity index (χ1v) is 6.81. The molecule has 1 N–H and O–H groups in total. The maximum atomic E-state index is 4.57. The monoisotopic (exact) mass is 271 g/mol. The summed E-state index contributed by atoms with van der Waals surface area (Å²) in [5, 5.41) is 3.29. The summed E-state index contributed by atoms with van der Waals surface area (Å²) >= 11 is 0. The van der Waals surface area contributed by atoms with E-state index in [0.29, 0.717) is 0 Å². The van der Waals surface area contributed by atoms with Crippen LogP contribution in [0.1, 0.15) is 23.9 Å². The van der Waals surface area contributed by atoms with E-state index >= 15 is 0 Å². The minimum Gasteiger partial charge on any atom is -0.370 e. The summed E-state index contributed by atoms with van der Waals surface area (Å²) in [5.74, 6) is 2.64. The molecule has 0 aromatic carbocycles. The van der Waals surface area contributed by atoms with E-state index in [9.17, 15) is 0 Å². The van der Waals surface area contributed by atoms with Gasteiger partial charge in [-0.25, -0.2) is 9.97 Å². The summed E-state index contributed by atoms with van der Waals surface area (Å²) in [4.78, 5) is 15.3. The lowest BCUT2D eigenvalue weighted by atomic mass is 10.2. The topological polar surface area (TPSA) is 53.9 Å². The maximum absolute atomic E-state index is 4.57. The Balaban J connectivity index is 2.27. The van der Waals surface area contributed by atoms with Gasteiger partial charge in [0, 0.05) is 38.1 Å². The van der Waals surface area contributed by atoms with Gasteiger partial charge in [0.1, 0.15) is 17.5 Å². The highest BCUT2D eigenvalue weighted by molar-refractivity contribution is 5.58. The largest absolute Gasteiger partial charge is 0.370 e. The smallest absolute Gasteiger partial charge is 0.137 e. The number of anilines is 2. The number of hydrogen-bond donors (Lipinski definition) is 1. The molecule has 0 amide bonds. The SMILES string of the molecule is CCNc1nc(C)nc(N(C)Cc2cccnc2)c1C. The average molecular weight is 271 g/mol. The van der Waals surface area contributed by atoms with Crippen molar-refractivity contribution in [1.82, 2.24) is 15.0 Å². The molecule has 0 aliphatic carbocycles. The van der Waals surface area contributed by atoms with Gasteiger partial charge in [0.05, 0.1) is 0 Å². The fourth-order valence-corrected chi connectivity index (χ4v) is 2.17. The lowest BCUT2D eigenvalue weighted by Gasteiger charge is -2.22. The van der Waals surface area contributed by atoms with Gasteiger partial charge in [-0.15, -0.1) is 0 Å². The van der Waals surface area contributed by atoms with E-state index in [0.717, 1.165) is 41.7 Å². The van der Waals surface area contributed by atoms with E-state index in [1.54, 1.807) is 6.20 Å². The molecule has 0 aliphatic rings. The molecular weight excluding hydrogens is 250 g/mol. The number of hydrogen-bond acceptors (Lipinski definition) is 5. The summed E-state index contributed by atoms with van der Waals surface area (Å²) in [6.45, 7) is 7.66. The second kappa shape index (κ2) is 6.32. The number of rotatable bonds is 5. The molecule has 0 unspecified atom stereocenters. The predicted molar refractivity (Wildman–Crippen MR) is 82.0 cm³/mol. The van der Waals surface area contributed by atoms with Crippen LogP contribution in [0.2, 0.25) is 0 Å². The van der Waals surface area contributed by atoms with Crippen molar-refractivity contribution in [2.75, 3.05) is 23.8 Å². The Labute approximate surface area is 120 Å². The van der Waals surface area contributed by atoms with Gasteiger partial charge in [-0.1, -0.05) is 6.07 Å². The zero-order chi connectivity index (χ0) is 14.5. The summed E-state index contributed by atoms with van der Waals surface area (Å²) in [5.41, 5.74) is 2.24. The lowest BCUT2D eigenvalue weighted by Crippen LogP contribution is -2.20. The molecule has 106 valence electrons. The summed E-state index contributed by atoms with van der Waals surface area (Å²) in [6, 6.07) is 4.02. The van der Waals surface area contributed by atoms with Crippen molar-refractivity contribution in [2.45, 2.75) is 27.3 Å². The van der Waals surface area contributed by atoms with Crippen molar-refractivity contribution in [3.05, 3.63) is 41.5 Å². The zero-order valence-electron chi connectivity index (χ0n) is 12.5. The molecule has 0 saturated carbocycles. The van der Waals surface area contributed by atoms with Crippen LogP contribution in [-0.2, 0) is 6.54 Å². The van der Waals surface area contributed by atoms with Crippen LogP contribution in [0.5, 0.6) is 0 Å². The molecule has 5 heteroatoms. The molecule has 2 aromatic rings. The van der Waals surface area contributed by atoms with Gasteiger partial charge in [-0.05, 0) is 32.4 Å². The number of nitrogens with one attached hydrogen (secondary N) is 1. The molecule has 5 nitrogen and oxygen atoms in total. The lowest BCUT2D eigenvalue weighted by molar-refractivity contribution is 0.865. The Bertz CT molecular complexity index is 568. The Morgan fingerprint density at radius 1 is 1.25 bits per heavy atom. The fraction of sp³-hybridized carbons (Fsp3) is 0.400. The van der Waals surface area contributed by atoms with Crippen LogP contribution in [-0.4, -0.2) is 28.5 Å². The highest BCUT2D eigenvalue weighted by atomic mass is 15.2. The number of nitrogens with zero attached hydrogens (tertiary/aromatic N) is 4. The molecule has 2 rings (SSSR count). The summed E-state index contributed by atoms with van der Waals surface area (Å²) < 4.78 is 0. The van der Waals surface area contributed by atoms with E-state index in [4.69, 9.17) is 0 Å². The molecule has 0 saturated heterocycles. The molecule has 2 aromatic heterocycles. The van der Waals surface area contributed by atoms with E-state index in [1.165, 1.54) is 0 Å². The Kier molecular flexibility index (Phi) is 4.50. The van der Waals surface area contributed by atoms with E-state index in [2.05, 4.69) is 38.2 Å². The predicted octanol–water partition coefficient (Wildman–Crippen LogP) is 2.56. The quantitative estimate of drug-likeness (QED) is 0.905. The van der Waals surface area contributed by atoms with Crippen LogP contribution in [0, 0.1) is 13.8 Å². The molecule has 0 bridgehead atoms. The molecule has 0 aliphatic heterocycles. The molecule has 0 spiro atoms. The van der Waals surface area contributed by atoms with Crippen molar-refractivity contribution in [2.24, 2.45) is 0 Å². The third-order valence-corrected chi connectivity index (χ3v) is 3.08. The highest BCUT2D eigenvalue weighted by Gasteiger charge is 2.12. The summed E-state index contributed by atoms with van der Waals surface area (Å²) in [7, 11) is 2.04. The van der Waals surface area contributed by atoms with Crippen LogP contribution in [0.3, 0.4) is 0 Å². The van der Waals surface area contributed by atoms with Gasteiger partial charge in [0.25, 0.3) is 0 Å². The molecule has 20 heavy (non-hydrogen) atoms. The van der Waals surface area contributed by atoms with Crippen molar-refractivity contribution in [1.29, 1.82) is 0 Å². The first-order valence-electron chi connectivity index (χ1n) is 6.81. The zero-order valence-corrected chi connectivity index (χ0v) is 12.5. The molecule has 0 atom stereocenters. The Morgan fingerprint density at radius 3 is 2.70 bits per heavy atom. The molecular formula is C15H21N5. The third kappa shape index (κ3) is 3.23. The maximum Gasteiger partial charge on any atom is 0.137 e. The van der Waals surface area contributed by atoms with Gasteiger partial charge < -0.3 is 10.2 Å². The van der Waals surface area contributed by atoms with Crippen molar-refractivity contribution < 1.29 is 0 Å². The van der Waals surface area contributed by atoms with E-state index in [1.807, 2.05) is 33.2 Å². The number of pyridine rings is 1. The van der Waals surface area contributed by atoms with Gasteiger partial charge in [-0.2, -0.15) is 0 Å². The number of aromatic nitrogens is 3. The fourth-order valence-electron chi connectivity index (χ4n) is 2.17. The van der Waals surface area contributed by atoms with Crippen LogP contribution in [0.25, 0.3) is 0 Å². The van der Waals surface area contributed by atoms with Crippen molar-refractivity contribution in [3.63, 3.8) is 0 Å². The van der Waals surface area contributed by atoms with Crippen molar-refractivity contribution >= 4 is 11.6 Å². The van der Waals surface area contributed by atoms with E-state index in [-0.39, 0.29) is 0 Å². The first kappa shape index (κ1) is 14.2. The van der Waals surface area contributed by atoms with Gasteiger partial charge >= 0.3 is 0 Å². The molecule has 0 radical (unpaired) electrons.